The van der Waals surface area contributed by atoms with Crippen LogP contribution in [0, 0.1) is 12.3 Å². The zero-order valence-corrected chi connectivity index (χ0v) is 13.7. The van der Waals surface area contributed by atoms with E-state index >= 15 is 0 Å². The average molecular weight is 368 g/mol. The Hall–Kier alpha value is -0.440. The highest BCUT2D eigenvalue weighted by Gasteiger charge is 2.45. The van der Waals surface area contributed by atoms with Gasteiger partial charge < -0.3 is 5.11 Å². The number of aryl methyl sites for hydroxylation is 1. The summed E-state index contributed by atoms with van der Waals surface area (Å²) < 4.78 is 27.2. The molecule has 1 fully saturated rings. The van der Waals surface area contributed by atoms with Gasteiger partial charge in [0.05, 0.1) is 9.20 Å². The van der Waals surface area contributed by atoms with Crippen LogP contribution >= 0.6 is 27.3 Å². The molecule has 1 aliphatic heterocycles. The fraction of sp³-hybridized carbons (Fsp3) is 0.545. The Bertz CT molecular complexity index is 605. The summed E-state index contributed by atoms with van der Waals surface area (Å²) in [7, 11) is -3.59. The molecule has 1 N–H and O–H groups in total. The fourth-order valence-corrected chi connectivity index (χ4v) is 5.93. The Labute approximate surface area is 124 Å². The number of nitrogens with zero attached hydrogens (tertiary/aromatic N) is 1. The minimum absolute atomic E-state index is 0.0270. The maximum absolute atomic E-state index is 12.4. The molecule has 0 saturated carbocycles. The molecule has 5 nitrogen and oxygen atoms in total. The number of rotatable bonds is 3. The number of carboxylic acids is 1. The predicted octanol–water partition coefficient (Wildman–Crippen LogP) is 2.30. The maximum atomic E-state index is 12.4. The van der Waals surface area contributed by atoms with Crippen molar-refractivity contribution in [3.63, 3.8) is 0 Å². The molecule has 1 aromatic rings. The van der Waals surface area contributed by atoms with Crippen LogP contribution in [0.25, 0.3) is 0 Å². The summed E-state index contributed by atoms with van der Waals surface area (Å²) in [5.74, 6) is -0.950. The summed E-state index contributed by atoms with van der Waals surface area (Å²) in [4.78, 5) is 11.2. The molecular formula is C11H14BrNO4S2. The normalized spacial score (nSPS) is 24.8. The van der Waals surface area contributed by atoms with E-state index < -0.39 is 21.4 Å². The van der Waals surface area contributed by atoms with E-state index in [1.54, 1.807) is 13.0 Å². The van der Waals surface area contributed by atoms with Gasteiger partial charge in [-0.15, -0.1) is 11.3 Å². The highest BCUT2D eigenvalue weighted by atomic mass is 79.9. The Balaban J connectivity index is 2.30. The smallest absolute Gasteiger partial charge is 0.310 e. The highest BCUT2D eigenvalue weighted by Crippen LogP contribution is 2.37. The molecule has 0 bridgehead atoms. The zero-order chi connectivity index (χ0) is 14.4. The second kappa shape index (κ2) is 4.83. The van der Waals surface area contributed by atoms with Crippen molar-refractivity contribution >= 4 is 43.3 Å². The van der Waals surface area contributed by atoms with Crippen LogP contribution in [-0.2, 0) is 14.8 Å². The van der Waals surface area contributed by atoms with Gasteiger partial charge in [0, 0.05) is 13.1 Å². The molecule has 0 spiro atoms. The molecule has 19 heavy (non-hydrogen) atoms. The number of hydrogen-bond acceptors (Lipinski definition) is 4. The molecule has 106 valence electrons. The molecule has 1 aromatic heterocycles. The summed E-state index contributed by atoms with van der Waals surface area (Å²) in [6.45, 7) is 3.68. The van der Waals surface area contributed by atoms with Crippen LogP contribution < -0.4 is 0 Å². The lowest BCUT2D eigenvalue weighted by atomic mass is 9.90. The van der Waals surface area contributed by atoms with Crippen LogP contribution in [0.3, 0.4) is 0 Å². The Morgan fingerprint density at radius 3 is 2.63 bits per heavy atom. The van der Waals surface area contributed by atoms with E-state index in [4.69, 9.17) is 5.11 Å². The standard InChI is InChI=1S/C11H14BrNO4S2/c1-7-5-8(18-9(7)12)19(16,17)13-4-3-11(2,6-13)10(14)15/h5H,3-4,6H2,1-2H3,(H,14,15). The number of carbonyl (C=O) groups is 1. The molecule has 0 amide bonds. The van der Waals surface area contributed by atoms with Gasteiger partial charge in [0.25, 0.3) is 10.0 Å². The summed E-state index contributed by atoms with van der Waals surface area (Å²) in [5, 5.41) is 9.15. The molecule has 1 saturated heterocycles. The quantitative estimate of drug-likeness (QED) is 0.889. The van der Waals surface area contributed by atoms with Crippen molar-refractivity contribution in [3.8, 4) is 0 Å². The van der Waals surface area contributed by atoms with Crippen molar-refractivity contribution in [1.82, 2.24) is 4.31 Å². The van der Waals surface area contributed by atoms with E-state index in [2.05, 4.69) is 15.9 Å². The monoisotopic (exact) mass is 367 g/mol. The minimum atomic E-state index is -3.59. The molecule has 2 heterocycles. The lowest BCUT2D eigenvalue weighted by molar-refractivity contribution is -0.146. The molecule has 1 aliphatic rings. The first kappa shape index (κ1) is 15.0. The molecule has 0 radical (unpaired) electrons. The molecule has 8 heteroatoms. The summed E-state index contributed by atoms with van der Waals surface area (Å²) in [6, 6.07) is 1.61. The van der Waals surface area contributed by atoms with Crippen LogP contribution in [0.1, 0.15) is 18.9 Å². The molecule has 1 atom stereocenters. The van der Waals surface area contributed by atoms with E-state index in [1.807, 2.05) is 6.92 Å². The SMILES string of the molecule is Cc1cc(S(=O)(=O)N2CCC(C)(C(=O)O)C2)sc1Br. The molecular weight excluding hydrogens is 354 g/mol. The number of halogens is 1. The van der Waals surface area contributed by atoms with Crippen molar-refractivity contribution in [2.75, 3.05) is 13.1 Å². The lowest BCUT2D eigenvalue weighted by Gasteiger charge is -2.19. The van der Waals surface area contributed by atoms with Gasteiger partial charge in [0.15, 0.2) is 0 Å². The summed E-state index contributed by atoms with van der Waals surface area (Å²) in [5.41, 5.74) is -0.125. The van der Waals surface area contributed by atoms with Gasteiger partial charge in [-0.3, -0.25) is 4.79 Å². The third-order valence-corrected chi connectivity index (χ3v) is 7.81. The van der Waals surface area contributed by atoms with Gasteiger partial charge in [-0.25, -0.2) is 8.42 Å². The highest BCUT2D eigenvalue weighted by molar-refractivity contribution is 9.11. The number of hydrogen-bond donors (Lipinski definition) is 1. The van der Waals surface area contributed by atoms with Crippen molar-refractivity contribution in [2.45, 2.75) is 24.5 Å². The van der Waals surface area contributed by atoms with Gasteiger partial charge in [-0.2, -0.15) is 4.31 Å². The molecule has 0 aromatic carbocycles. The van der Waals surface area contributed by atoms with Crippen molar-refractivity contribution in [2.24, 2.45) is 5.41 Å². The minimum Gasteiger partial charge on any atom is -0.481 e. The van der Waals surface area contributed by atoms with Gasteiger partial charge in [0.2, 0.25) is 0 Å². The Kier molecular flexibility index (Phi) is 3.81. The first-order valence-electron chi connectivity index (χ1n) is 5.66. The van der Waals surface area contributed by atoms with Crippen LogP contribution in [0.15, 0.2) is 14.1 Å². The maximum Gasteiger partial charge on any atom is 0.310 e. The molecule has 0 aliphatic carbocycles. The number of sulfonamides is 1. The van der Waals surface area contributed by atoms with Gasteiger partial charge in [-0.05, 0) is 47.8 Å². The molecule has 1 unspecified atom stereocenters. The van der Waals surface area contributed by atoms with Crippen molar-refractivity contribution in [1.29, 1.82) is 0 Å². The van der Waals surface area contributed by atoms with Crippen LogP contribution in [0.2, 0.25) is 0 Å². The second-order valence-corrected chi connectivity index (χ2v) is 9.51. The first-order chi connectivity index (χ1) is 8.67. The summed E-state index contributed by atoms with van der Waals surface area (Å²) >= 11 is 4.46. The lowest BCUT2D eigenvalue weighted by Crippen LogP contribution is -2.34. The average Bonchev–Trinajstić information content (AvgIpc) is 2.86. The third kappa shape index (κ3) is 2.58. The first-order valence-corrected chi connectivity index (χ1v) is 8.71. The molecule has 2 rings (SSSR count). The van der Waals surface area contributed by atoms with Crippen LogP contribution in [-0.4, -0.2) is 36.9 Å². The number of aliphatic carboxylic acids is 1. The van der Waals surface area contributed by atoms with E-state index in [9.17, 15) is 13.2 Å². The Morgan fingerprint density at radius 2 is 2.21 bits per heavy atom. The topological polar surface area (TPSA) is 74.7 Å². The van der Waals surface area contributed by atoms with E-state index in [0.29, 0.717) is 6.42 Å². The van der Waals surface area contributed by atoms with Gasteiger partial charge in [0.1, 0.15) is 4.21 Å². The second-order valence-electron chi connectivity index (χ2n) is 4.98. The van der Waals surface area contributed by atoms with E-state index in [-0.39, 0.29) is 17.3 Å². The summed E-state index contributed by atoms with van der Waals surface area (Å²) in [6.07, 6.45) is 0.340. The predicted molar refractivity (Wildman–Crippen MR) is 75.9 cm³/mol. The van der Waals surface area contributed by atoms with Crippen LogP contribution in [0.4, 0.5) is 0 Å². The zero-order valence-electron chi connectivity index (χ0n) is 10.5. The number of thiophene rings is 1. The Morgan fingerprint density at radius 1 is 1.58 bits per heavy atom. The third-order valence-electron chi connectivity index (χ3n) is 3.38. The van der Waals surface area contributed by atoms with Gasteiger partial charge in [-0.1, -0.05) is 0 Å². The van der Waals surface area contributed by atoms with E-state index in [1.165, 1.54) is 4.31 Å². The number of carboxylic acid groups (broad SMARTS) is 1. The fourth-order valence-electron chi connectivity index (χ4n) is 1.98. The van der Waals surface area contributed by atoms with Crippen molar-refractivity contribution in [3.05, 3.63) is 15.4 Å². The van der Waals surface area contributed by atoms with Crippen molar-refractivity contribution < 1.29 is 18.3 Å². The van der Waals surface area contributed by atoms with Gasteiger partial charge >= 0.3 is 5.97 Å². The van der Waals surface area contributed by atoms with E-state index in [0.717, 1.165) is 20.7 Å². The van der Waals surface area contributed by atoms with Crippen LogP contribution in [0.5, 0.6) is 0 Å². The largest absolute Gasteiger partial charge is 0.481 e.